The van der Waals surface area contributed by atoms with E-state index in [1.807, 2.05) is 6.08 Å². The van der Waals surface area contributed by atoms with Crippen molar-refractivity contribution in [2.45, 2.75) is 76.3 Å². The van der Waals surface area contributed by atoms with Crippen molar-refractivity contribution >= 4 is 17.5 Å². The third-order valence-corrected chi connectivity index (χ3v) is 9.51. The van der Waals surface area contributed by atoms with Gasteiger partial charge < -0.3 is 20.1 Å². The van der Waals surface area contributed by atoms with Gasteiger partial charge in [0.25, 0.3) is 0 Å². The van der Waals surface area contributed by atoms with Gasteiger partial charge in [-0.1, -0.05) is 18.6 Å². The van der Waals surface area contributed by atoms with Crippen LogP contribution in [-0.4, -0.2) is 56.3 Å². The Labute approximate surface area is 181 Å². The number of allylic oxidation sites excluding steroid dienone is 2. The number of ketones is 2. The van der Waals surface area contributed by atoms with Crippen molar-refractivity contribution in [1.29, 1.82) is 0 Å². The monoisotopic (exact) mass is 430 g/mol. The number of carboxylic acids is 1. The summed E-state index contributed by atoms with van der Waals surface area (Å²) in [6.07, 6.45) is 7.10. The molecule has 1 spiro atoms. The van der Waals surface area contributed by atoms with E-state index < -0.39 is 34.8 Å². The van der Waals surface area contributed by atoms with Gasteiger partial charge in [0.1, 0.15) is 5.60 Å². The van der Waals surface area contributed by atoms with Crippen LogP contribution in [0.4, 0.5) is 0 Å². The lowest BCUT2D eigenvalue weighted by Gasteiger charge is -2.54. The molecule has 3 unspecified atom stereocenters. The number of Topliss-reactive ketones (excluding diaryl/α,β-unsaturated/α-hetero) is 1. The molecule has 7 heteroatoms. The smallest absolute Gasteiger partial charge is 0.338 e. The number of hydrogen-bond donors (Lipinski definition) is 3. The van der Waals surface area contributed by atoms with Crippen LogP contribution >= 0.6 is 0 Å². The molecule has 4 fully saturated rings. The van der Waals surface area contributed by atoms with Crippen LogP contribution in [0.1, 0.15) is 52.9 Å². The van der Waals surface area contributed by atoms with E-state index in [1.54, 1.807) is 12.2 Å². The van der Waals surface area contributed by atoms with Crippen molar-refractivity contribution < 1.29 is 34.4 Å². The lowest BCUT2D eigenvalue weighted by atomic mass is 9.47. The van der Waals surface area contributed by atoms with Gasteiger partial charge in [-0.05, 0) is 75.4 Å². The number of carbonyl (C=O) groups excluding carboxylic acids is 2. The first kappa shape index (κ1) is 21.0. The molecule has 3 saturated carbocycles. The fourth-order valence-electron chi connectivity index (χ4n) is 7.70. The molecule has 168 valence electrons. The molecule has 0 aromatic rings. The molecule has 9 atom stereocenters. The van der Waals surface area contributed by atoms with Crippen LogP contribution in [-0.2, 0) is 19.1 Å². The number of epoxide rings is 1. The third-order valence-electron chi connectivity index (χ3n) is 9.51. The van der Waals surface area contributed by atoms with Crippen LogP contribution in [0, 0.1) is 28.6 Å². The molecule has 0 aromatic heterocycles. The van der Waals surface area contributed by atoms with Gasteiger partial charge in [0.15, 0.2) is 23.3 Å². The van der Waals surface area contributed by atoms with Crippen molar-refractivity contribution in [2.75, 3.05) is 0 Å². The zero-order chi connectivity index (χ0) is 22.6. The fraction of sp³-hybridized carbons (Fsp3) is 0.708. The van der Waals surface area contributed by atoms with Gasteiger partial charge in [-0.25, -0.2) is 4.79 Å². The summed E-state index contributed by atoms with van der Waals surface area (Å²) < 4.78 is 6.45. The highest BCUT2D eigenvalue weighted by Gasteiger charge is 2.79. The fourth-order valence-corrected chi connectivity index (χ4v) is 7.70. The Hall–Kier alpha value is -1.83. The first-order chi connectivity index (χ1) is 14.4. The number of ether oxygens (including phenoxy) is 1. The van der Waals surface area contributed by atoms with Gasteiger partial charge in [0.05, 0.1) is 6.10 Å². The number of aliphatic carboxylic acids is 1. The van der Waals surface area contributed by atoms with Crippen LogP contribution in [0.15, 0.2) is 23.8 Å². The van der Waals surface area contributed by atoms with Crippen molar-refractivity contribution in [3.63, 3.8) is 0 Å². The highest BCUT2D eigenvalue weighted by molar-refractivity contribution is 6.01. The molecule has 0 radical (unpaired) electrons. The van der Waals surface area contributed by atoms with Crippen molar-refractivity contribution in [1.82, 2.24) is 0 Å². The highest BCUT2D eigenvalue weighted by atomic mass is 16.6. The largest absolute Gasteiger partial charge is 0.479 e. The molecule has 0 aromatic carbocycles. The van der Waals surface area contributed by atoms with Crippen LogP contribution in [0.3, 0.4) is 0 Å². The second-order valence-corrected chi connectivity index (χ2v) is 10.9. The first-order valence-electron chi connectivity index (χ1n) is 11.2. The van der Waals surface area contributed by atoms with Crippen molar-refractivity contribution in [2.24, 2.45) is 28.6 Å². The molecule has 0 bridgehead atoms. The zero-order valence-corrected chi connectivity index (χ0v) is 18.1. The van der Waals surface area contributed by atoms with E-state index in [0.717, 1.165) is 31.8 Å². The van der Waals surface area contributed by atoms with Crippen LogP contribution in [0.25, 0.3) is 0 Å². The number of fused-ring (bicyclic) bond motifs is 3. The Kier molecular flexibility index (Phi) is 4.17. The Morgan fingerprint density at radius 3 is 2.61 bits per heavy atom. The van der Waals surface area contributed by atoms with Gasteiger partial charge >= 0.3 is 5.97 Å². The second kappa shape index (κ2) is 6.15. The number of hydrogen-bond acceptors (Lipinski definition) is 6. The van der Waals surface area contributed by atoms with Crippen molar-refractivity contribution in [3.05, 3.63) is 23.8 Å². The highest BCUT2D eigenvalue weighted by Crippen LogP contribution is 2.75. The topological polar surface area (TPSA) is 124 Å². The molecule has 7 nitrogen and oxygen atoms in total. The van der Waals surface area contributed by atoms with Crippen LogP contribution in [0.5, 0.6) is 0 Å². The minimum atomic E-state index is -2.52. The SMILES string of the molecule is CC(O)(C(=O)O)C(O)C(=O)[C@H]1CC[C@H]2[C@@H]3CCC4=CC(=O)C=C[C@]4(C)C34O[C@H]4C[C@]12C. The summed E-state index contributed by atoms with van der Waals surface area (Å²) in [6, 6.07) is 0. The Morgan fingerprint density at radius 2 is 1.94 bits per heavy atom. The predicted octanol–water partition coefficient (Wildman–Crippen LogP) is 1.81. The summed E-state index contributed by atoms with van der Waals surface area (Å²) in [5.74, 6) is -2.27. The molecule has 5 aliphatic rings. The van der Waals surface area contributed by atoms with E-state index >= 15 is 0 Å². The maximum Gasteiger partial charge on any atom is 0.338 e. The summed E-state index contributed by atoms with van der Waals surface area (Å²) in [7, 11) is 0. The maximum atomic E-state index is 13.2. The van der Waals surface area contributed by atoms with Gasteiger partial charge in [0, 0.05) is 11.3 Å². The standard InChI is InChI=1S/C24H30O7/c1-21-11-17-24(31-17)15(5-4-12-10-13(25)8-9-22(12,24)2)14(21)6-7-16(21)18(26)19(27)23(3,30)20(28)29/h8-10,14-17,19,27,30H,4-7,11H2,1-3H3,(H,28,29)/t14-,15-,16+,17-,19?,21-,22-,23?,24?/m0/s1. The number of carbonyl (C=O) groups is 3. The van der Waals surface area contributed by atoms with Gasteiger partial charge in [0.2, 0.25) is 0 Å². The average Bonchev–Trinajstić information content (AvgIpc) is 3.32. The average molecular weight is 430 g/mol. The van der Waals surface area contributed by atoms with E-state index in [9.17, 15) is 29.7 Å². The maximum absolute atomic E-state index is 13.2. The van der Waals surface area contributed by atoms with E-state index in [0.29, 0.717) is 12.8 Å². The molecule has 1 saturated heterocycles. The summed E-state index contributed by atoms with van der Waals surface area (Å²) in [5, 5.41) is 29.9. The predicted molar refractivity (Wildman–Crippen MR) is 109 cm³/mol. The van der Waals surface area contributed by atoms with Crippen LogP contribution < -0.4 is 0 Å². The molecule has 5 rings (SSSR count). The second-order valence-electron chi connectivity index (χ2n) is 10.9. The lowest BCUT2D eigenvalue weighted by molar-refractivity contribution is -0.175. The minimum Gasteiger partial charge on any atom is -0.479 e. The van der Waals surface area contributed by atoms with E-state index in [2.05, 4.69) is 13.8 Å². The van der Waals surface area contributed by atoms with Gasteiger partial charge in [-0.3, -0.25) is 9.59 Å². The van der Waals surface area contributed by atoms with E-state index in [1.165, 1.54) is 0 Å². The summed E-state index contributed by atoms with van der Waals surface area (Å²) in [4.78, 5) is 36.5. The lowest BCUT2D eigenvalue weighted by Crippen LogP contribution is -2.58. The molecule has 4 aliphatic carbocycles. The van der Waals surface area contributed by atoms with Crippen molar-refractivity contribution in [3.8, 4) is 0 Å². The number of aliphatic hydroxyl groups is 2. The van der Waals surface area contributed by atoms with Gasteiger partial charge in [-0.15, -0.1) is 0 Å². The molecule has 0 amide bonds. The first-order valence-corrected chi connectivity index (χ1v) is 11.2. The molecule has 31 heavy (non-hydrogen) atoms. The summed E-state index contributed by atoms with van der Waals surface area (Å²) in [5.41, 5.74) is -2.50. The number of rotatable bonds is 4. The normalized spacial score (nSPS) is 47.8. The summed E-state index contributed by atoms with van der Waals surface area (Å²) in [6.45, 7) is 5.19. The Morgan fingerprint density at radius 1 is 1.23 bits per heavy atom. The quantitative estimate of drug-likeness (QED) is 0.581. The molecular weight excluding hydrogens is 400 g/mol. The van der Waals surface area contributed by atoms with E-state index in [-0.39, 0.29) is 34.7 Å². The van der Waals surface area contributed by atoms with Gasteiger partial charge in [-0.2, -0.15) is 0 Å². The molecule has 1 heterocycles. The molecule has 1 aliphatic heterocycles. The molecular formula is C24H30O7. The zero-order valence-electron chi connectivity index (χ0n) is 18.1. The minimum absolute atomic E-state index is 0.0196. The number of aliphatic hydroxyl groups excluding tert-OH is 1. The third kappa shape index (κ3) is 2.43. The Balaban J connectivity index is 1.46. The van der Waals surface area contributed by atoms with Crippen LogP contribution in [0.2, 0.25) is 0 Å². The Bertz CT molecular complexity index is 948. The van der Waals surface area contributed by atoms with E-state index in [4.69, 9.17) is 4.74 Å². The molecule has 3 N–H and O–H groups in total. The summed E-state index contributed by atoms with van der Waals surface area (Å²) >= 11 is 0. The number of carboxylic acid groups (broad SMARTS) is 1.